The van der Waals surface area contributed by atoms with Crippen LogP contribution in [0.4, 0.5) is 5.13 Å². The molecule has 2 aromatic heterocycles. The molecule has 3 rings (SSSR count). The van der Waals surface area contributed by atoms with Crippen LogP contribution in [0.1, 0.15) is 5.76 Å². The van der Waals surface area contributed by atoms with E-state index < -0.39 is 5.91 Å². The summed E-state index contributed by atoms with van der Waals surface area (Å²) in [6.45, 7) is 0. The molecule has 1 N–H and O–H groups in total. The molecule has 6 nitrogen and oxygen atoms in total. The molecule has 0 unspecified atom stereocenters. The first-order chi connectivity index (χ1) is 12.6. The van der Waals surface area contributed by atoms with Crippen LogP contribution in [-0.2, 0) is 4.79 Å². The lowest BCUT2D eigenvalue weighted by atomic mass is 10.2. The van der Waals surface area contributed by atoms with E-state index in [-0.39, 0.29) is 5.57 Å². The second-order valence-electron chi connectivity index (χ2n) is 4.92. The van der Waals surface area contributed by atoms with Gasteiger partial charge in [0, 0.05) is 27.6 Å². The SMILES string of the molecule is CSc1nsc(NC(=O)/C(C#N)=C\c2ccc(-c3ccc(Br)cc3)o2)n1. The largest absolute Gasteiger partial charge is 0.457 e. The van der Waals surface area contributed by atoms with Gasteiger partial charge in [0.1, 0.15) is 23.2 Å². The molecule has 0 saturated carbocycles. The molecule has 26 heavy (non-hydrogen) atoms. The normalized spacial score (nSPS) is 11.2. The summed E-state index contributed by atoms with van der Waals surface area (Å²) in [5.41, 5.74) is 0.817. The quantitative estimate of drug-likeness (QED) is 0.342. The Morgan fingerprint density at radius 1 is 1.35 bits per heavy atom. The molecule has 1 aromatic carbocycles. The number of halogens is 1. The van der Waals surface area contributed by atoms with Gasteiger partial charge in [-0.25, -0.2) is 0 Å². The lowest BCUT2D eigenvalue weighted by Crippen LogP contribution is -2.13. The molecule has 0 radical (unpaired) electrons. The van der Waals surface area contributed by atoms with Gasteiger partial charge < -0.3 is 4.42 Å². The van der Waals surface area contributed by atoms with Crippen molar-refractivity contribution in [3.8, 4) is 17.4 Å². The molecular weight excluding hydrogens is 436 g/mol. The van der Waals surface area contributed by atoms with E-state index in [4.69, 9.17) is 4.42 Å². The van der Waals surface area contributed by atoms with Crippen LogP contribution in [-0.4, -0.2) is 21.5 Å². The molecule has 0 aliphatic heterocycles. The second-order valence-corrected chi connectivity index (χ2v) is 7.36. The van der Waals surface area contributed by atoms with E-state index in [1.54, 1.807) is 12.1 Å². The first-order valence-electron chi connectivity index (χ1n) is 7.25. The van der Waals surface area contributed by atoms with Gasteiger partial charge in [0.2, 0.25) is 10.3 Å². The zero-order valence-corrected chi connectivity index (χ0v) is 16.6. The van der Waals surface area contributed by atoms with Crippen LogP contribution in [0.2, 0.25) is 0 Å². The van der Waals surface area contributed by atoms with E-state index in [9.17, 15) is 10.1 Å². The lowest BCUT2D eigenvalue weighted by Gasteiger charge is -1.99. The Kier molecular flexibility index (Phi) is 5.88. The molecule has 9 heteroatoms. The molecule has 3 aromatic rings. The third-order valence-corrected chi connectivity index (χ3v) is 5.04. The monoisotopic (exact) mass is 446 g/mol. The van der Waals surface area contributed by atoms with Crippen molar-refractivity contribution in [2.45, 2.75) is 5.16 Å². The Morgan fingerprint density at radius 2 is 2.12 bits per heavy atom. The van der Waals surface area contributed by atoms with Gasteiger partial charge in [0.05, 0.1) is 0 Å². The van der Waals surface area contributed by atoms with Gasteiger partial charge in [-0.1, -0.05) is 39.8 Å². The molecule has 0 aliphatic rings. The van der Waals surface area contributed by atoms with Crippen molar-refractivity contribution in [2.24, 2.45) is 0 Å². The number of carbonyl (C=O) groups is 1. The molecule has 0 spiro atoms. The molecule has 0 fully saturated rings. The van der Waals surface area contributed by atoms with Crippen molar-refractivity contribution in [1.82, 2.24) is 9.36 Å². The first kappa shape index (κ1) is 18.4. The fourth-order valence-electron chi connectivity index (χ4n) is 2.00. The third kappa shape index (κ3) is 4.40. The number of furan rings is 1. The maximum absolute atomic E-state index is 12.2. The Hall–Kier alpha value is -2.41. The van der Waals surface area contributed by atoms with Crippen LogP contribution in [0, 0.1) is 11.3 Å². The smallest absolute Gasteiger partial charge is 0.268 e. The van der Waals surface area contributed by atoms with Crippen molar-refractivity contribution in [3.63, 3.8) is 0 Å². The van der Waals surface area contributed by atoms with E-state index in [1.807, 2.05) is 36.6 Å². The van der Waals surface area contributed by atoms with Crippen molar-refractivity contribution < 1.29 is 9.21 Å². The second kappa shape index (κ2) is 8.31. The Bertz CT molecular complexity index is 1000. The summed E-state index contributed by atoms with van der Waals surface area (Å²) in [5.74, 6) is 0.504. The maximum atomic E-state index is 12.2. The Balaban J connectivity index is 1.77. The average molecular weight is 447 g/mol. The van der Waals surface area contributed by atoms with Gasteiger partial charge in [0.15, 0.2) is 0 Å². The number of nitriles is 1. The number of rotatable bonds is 5. The predicted molar refractivity (Wildman–Crippen MR) is 106 cm³/mol. The highest BCUT2D eigenvalue weighted by Crippen LogP contribution is 2.25. The molecule has 1 amide bonds. The molecule has 0 aliphatic carbocycles. The van der Waals surface area contributed by atoms with Crippen LogP contribution in [0.5, 0.6) is 0 Å². The number of nitrogens with zero attached hydrogens (tertiary/aromatic N) is 3. The fourth-order valence-corrected chi connectivity index (χ4v) is 3.38. The highest BCUT2D eigenvalue weighted by atomic mass is 79.9. The summed E-state index contributed by atoms with van der Waals surface area (Å²) >= 11 is 5.82. The minimum Gasteiger partial charge on any atom is -0.457 e. The van der Waals surface area contributed by atoms with Crippen LogP contribution >= 0.6 is 39.2 Å². The number of thioether (sulfide) groups is 1. The number of amides is 1. The van der Waals surface area contributed by atoms with Gasteiger partial charge in [-0.2, -0.15) is 14.6 Å². The number of hydrogen-bond acceptors (Lipinski definition) is 7. The number of benzene rings is 1. The highest BCUT2D eigenvalue weighted by Gasteiger charge is 2.14. The van der Waals surface area contributed by atoms with E-state index in [0.29, 0.717) is 21.8 Å². The number of nitrogens with one attached hydrogen (secondary N) is 1. The van der Waals surface area contributed by atoms with Crippen LogP contribution in [0.3, 0.4) is 0 Å². The van der Waals surface area contributed by atoms with Gasteiger partial charge in [0.25, 0.3) is 5.91 Å². The van der Waals surface area contributed by atoms with Crippen LogP contribution in [0.25, 0.3) is 17.4 Å². The van der Waals surface area contributed by atoms with E-state index in [2.05, 4.69) is 30.6 Å². The third-order valence-electron chi connectivity index (χ3n) is 3.22. The van der Waals surface area contributed by atoms with Gasteiger partial charge in [-0.3, -0.25) is 10.1 Å². The lowest BCUT2D eigenvalue weighted by molar-refractivity contribution is -0.112. The molecule has 2 heterocycles. The molecular formula is C17H11BrN4O2S2. The zero-order chi connectivity index (χ0) is 18.5. The fraction of sp³-hybridized carbons (Fsp3) is 0.0588. The zero-order valence-electron chi connectivity index (χ0n) is 13.4. The summed E-state index contributed by atoms with van der Waals surface area (Å²) < 4.78 is 10.7. The molecule has 0 bridgehead atoms. The number of hydrogen-bond donors (Lipinski definition) is 1. The van der Waals surface area contributed by atoms with Gasteiger partial charge in [-0.05, 0) is 30.5 Å². The van der Waals surface area contributed by atoms with Crippen molar-refractivity contribution >= 4 is 56.3 Å². The van der Waals surface area contributed by atoms with E-state index in [1.165, 1.54) is 17.8 Å². The predicted octanol–water partition coefficient (Wildman–Crippen LogP) is 4.83. The molecule has 0 atom stereocenters. The maximum Gasteiger partial charge on any atom is 0.268 e. The van der Waals surface area contributed by atoms with E-state index in [0.717, 1.165) is 21.6 Å². The summed E-state index contributed by atoms with van der Waals surface area (Å²) in [7, 11) is 0. The highest BCUT2D eigenvalue weighted by molar-refractivity contribution is 9.10. The standard InChI is InChI=1S/C17H11BrN4O2S2/c1-25-17-21-16(26-22-17)20-15(23)11(9-19)8-13-6-7-14(24-13)10-2-4-12(18)5-3-10/h2-8H,1H3,(H,20,21,22,23)/b11-8-. The van der Waals surface area contributed by atoms with Crippen molar-refractivity contribution in [2.75, 3.05) is 11.6 Å². The van der Waals surface area contributed by atoms with Crippen LogP contribution < -0.4 is 5.32 Å². The summed E-state index contributed by atoms with van der Waals surface area (Å²) in [4.78, 5) is 16.4. The summed E-state index contributed by atoms with van der Waals surface area (Å²) in [6, 6.07) is 13.0. The van der Waals surface area contributed by atoms with E-state index >= 15 is 0 Å². The Labute approximate surface area is 166 Å². The summed E-state index contributed by atoms with van der Waals surface area (Å²) in [6.07, 6.45) is 3.24. The van der Waals surface area contributed by atoms with Crippen molar-refractivity contribution in [3.05, 3.63) is 52.2 Å². The number of anilines is 1. The van der Waals surface area contributed by atoms with Crippen LogP contribution in [0.15, 0.2) is 56.0 Å². The first-order valence-corrected chi connectivity index (χ1v) is 10.0. The number of carbonyl (C=O) groups excluding carboxylic acids is 1. The van der Waals surface area contributed by atoms with Gasteiger partial charge in [-0.15, -0.1) is 0 Å². The van der Waals surface area contributed by atoms with Gasteiger partial charge >= 0.3 is 0 Å². The number of aromatic nitrogens is 2. The minimum atomic E-state index is -0.558. The average Bonchev–Trinajstić information content (AvgIpc) is 3.29. The molecule has 130 valence electrons. The topological polar surface area (TPSA) is 91.8 Å². The minimum absolute atomic E-state index is 0.0809. The molecule has 0 saturated heterocycles. The summed E-state index contributed by atoms with van der Waals surface area (Å²) in [5, 5.41) is 12.8. The Morgan fingerprint density at radius 3 is 2.77 bits per heavy atom. The van der Waals surface area contributed by atoms with Crippen molar-refractivity contribution in [1.29, 1.82) is 5.26 Å².